The number of fused-ring (bicyclic) bond motifs is 1. The van der Waals surface area contributed by atoms with Gasteiger partial charge in [0.25, 0.3) is 0 Å². The van der Waals surface area contributed by atoms with Crippen LogP contribution in [0.2, 0.25) is 0 Å². The minimum atomic E-state index is -0.116. The molecule has 1 atom stereocenters. The summed E-state index contributed by atoms with van der Waals surface area (Å²) in [5.74, 6) is 0.845. The second kappa shape index (κ2) is 5.81. The lowest BCUT2D eigenvalue weighted by Crippen LogP contribution is -2.25. The maximum absolute atomic E-state index is 12.0. The summed E-state index contributed by atoms with van der Waals surface area (Å²) >= 11 is 0. The van der Waals surface area contributed by atoms with Gasteiger partial charge in [-0.2, -0.15) is 0 Å². The Morgan fingerprint density at radius 3 is 3.09 bits per heavy atom. The average Bonchev–Trinajstić information content (AvgIpc) is 2.94. The lowest BCUT2D eigenvalue weighted by molar-refractivity contribution is -0.116. The maximum Gasteiger partial charge on any atom is 0.225 e. The molecule has 6 nitrogen and oxygen atoms in total. The fourth-order valence-corrected chi connectivity index (χ4v) is 2.85. The Bertz CT molecular complexity index is 709. The zero-order valence-electron chi connectivity index (χ0n) is 12.7. The van der Waals surface area contributed by atoms with Gasteiger partial charge < -0.3 is 19.7 Å². The normalized spacial score (nSPS) is 17.2. The van der Waals surface area contributed by atoms with Crippen molar-refractivity contribution in [3.63, 3.8) is 0 Å². The van der Waals surface area contributed by atoms with E-state index in [2.05, 4.69) is 10.3 Å². The molecule has 2 N–H and O–H groups in total. The van der Waals surface area contributed by atoms with Crippen molar-refractivity contribution < 1.29 is 14.6 Å². The molecular weight excluding hydrogens is 282 g/mol. The van der Waals surface area contributed by atoms with E-state index in [0.717, 1.165) is 17.0 Å². The van der Waals surface area contributed by atoms with Crippen molar-refractivity contribution in [2.45, 2.75) is 25.8 Å². The summed E-state index contributed by atoms with van der Waals surface area (Å²) < 4.78 is 7.13. The van der Waals surface area contributed by atoms with Gasteiger partial charge in [0.15, 0.2) is 0 Å². The van der Waals surface area contributed by atoms with E-state index in [9.17, 15) is 9.90 Å². The molecule has 1 aliphatic rings. The predicted molar refractivity (Wildman–Crippen MR) is 82.0 cm³/mol. The third-order valence-electron chi connectivity index (χ3n) is 4.00. The minimum Gasteiger partial charge on any atom is -0.508 e. The molecule has 0 bridgehead atoms. The number of imidazole rings is 1. The fourth-order valence-electron chi connectivity index (χ4n) is 2.85. The molecule has 2 heterocycles. The van der Waals surface area contributed by atoms with Gasteiger partial charge in [-0.3, -0.25) is 4.79 Å². The minimum absolute atomic E-state index is 0.0676. The number of methoxy groups -OCH3 is 1. The second-order valence-electron chi connectivity index (χ2n) is 5.50. The fraction of sp³-hybridized carbons (Fsp3) is 0.375. The molecule has 0 fully saturated rings. The SMILES string of the molecule is COCCn1ccnc1C1CC(=O)Nc2cc(O)c(C)cc21. The number of amides is 1. The lowest BCUT2D eigenvalue weighted by atomic mass is 9.88. The first-order chi connectivity index (χ1) is 10.6. The first kappa shape index (κ1) is 14.6. The number of aromatic hydroxyl groups is 1. The third-order valence-corrected chi connectivity index (χ3v) is 4.00. The number of anilines is 1. The van der Waals surface area contributed by atoms with Crippen LogP contribution in [0.25, 0.3) is 0 Å². The number of ether oxygens (including phenoxy) is 1. The first-order valence-electron chi connectivity index (χ1n) is 7.23. The zero-order chi connectivity index (χ0) is 15.7. The summed E-state index contributed by atoms with van der Waals surface area (Å²) in [6.45, 7) is 3.13. The smallest absolute Gasteiger partial charge is 0.225 e. The van der Waals surface area contributed by atoms with Crippen LogP contribution in [0, 0.1) is 6.92 Å². The lowest BCUT2D eigenvalue weighted by Gasteiger charge is -2.26. The van der Waals surface area contributed by atoms with Crippen LogP contribution in [0.3, 0.4) is 0 Å². The van der Waals surface area contributed by atoms with E-state index in [-0.39, 0.29) is 17.6 Å². The Kier molecular flexibility index (Phi) is 3.85. The van der Waals surface area contributed by atoms with Gasteiger partial charge >= 0.3 is 0 Å². The van der Waals surface area contributed by atoms with Gasteiger partial charge in [-0.05, 0) is 24.1 Å². The van der Waals surface area contributed by atoms with E-state index in [0.29, 0.717) is 25.3 Å². The number of phenols is 1. The number of aromatic nitrogens is 2. The summed E-state index contributed by atoms with van der Waals surface area (Å²) in [5.41, 5.74) is 2.43. The van der Waals surface area contributed by atoms with Gasteiger partial charge in [0.1, 0.15) is 11.6 Å². The Labute approximate surface area is 128 Å². The molecule has 1 aliphatic heterocycles. The van der Waals surface area contributed by atoms with E-state index < -0.39 is 0 Å². The molecule has 0 aliphatic carbocycles. The molecule has 3 rings (SSSR count). The molecular formula is C16H19N3O3. The van der Waals surface area contributed by atoms with Crippen molar-refractivity contribution >= 4 is 11.6 Å². The van der Waals surface area contributed by atoms with Crippen molar-refractivity contribution in [2.75, 3.05) is 19.0 Å². The third kappa shape index (κ3) is 2.57. The summed E-state index contributed by atoms with van der Waals surface area (Å²) in [6.07, 6.45) is 3.99. The van der Waals surface area contributed by atoms with E-state index in [4.69, 9.17) is 4.74 Å². The molecule has 0 spiro atoms. The first-order valence-corrected chi connectivity index (χ1v) is 7.23. The molecule has 116 valence electrons. The topological polar surface area (TPSA) is 76.4 Å². The van der Waals surface area contributed by atoms with Crippen LogP contribution in [-0.4, -0.2) is 34.3 Å². The number of aryl methyl sites for hydroxylation is 1. The van der Waals surface area contributed by atoms with Crippen LogP contribution >= 0.6 is 0 Å². The number of nitrogens with zero attached hydrogens (tertiary/aromatic N) is 2. The van der Waals surface area contributed by atoms with E-state index in [1.54, 1.807) is 19.4 Å². The molecule has 1 aromatic heterocycles. The zero-order valence-corrected chi connectivity index (χ0v) is 12.7. The van der Waals surface area contributed by atoms with Gasteiger partial charge in [0.2, 0.25) is 5.91 Å². The van der Waals surface area contributed by atoms with Crippen LogP contribution in [0.1, 0.15) is 29.3 Å². The van der Waals surface area contributed by atoms with Crippen LogP contribution < -0.4 is 5.32 Å². The van der Waals surface area contributed by atoms with Crippen LogP contribution in [-0.2, 0) is 16.1 Å². The molecule has 0 saturated carbocycles. The molecule has 22 heavy (non-hydrogen) atoms. The molecule has 6 heteroatoms. The molecule has 1 amide bonds. The van der Waals surface area contributed by atoms with Crippen molar-refractivity contribution in [3.8, 4) is 5.75 Å². The van der Waals surface area contributed by atoms with Crippen molar-refractivity contribution in [1.82, 2.24) is 9.55 Å². The van der Waals surface area contributed by atoms with Gasteiger partial charge in [-0.15, -0.1) is 0 Å². The highest BCUT2D eigenvalue weighted by Gasteiger charge is 2.30. The van der Waals surface area contributed by atoms with Crippen LogP contribution in [0.4, 0.5) is 5.69 Å². The van der Waals surface area contributed by atoms with Crippen LogP contribution in [0.5, 0.6) is 5.75 Å². The largest absolute Gasteiger partial charge is 0.508 e. The molecule has 0 radical (unpaired) electrons. The number of benzene rings is 1. The summed E-state index contributed by atoms with van der Waals surface area (Å²) in [6, 6.07) is 3.53. The van der Waals surface area contributed by atoms with Gasteiger partial charge in [0, 0.05) is 44.2 Å². The van der Waals surface area contributed by atoms with E-state index in [1.165, 1.54) is 0 Å². The highest BCUT2D eigenvalue weighted by Crippen LogP contribution is 2.39. The van der Waals surface area contributed by atoms with Gasteiger partial charge in [-0.25, -0.2) is 4.98 Å². The monoisotopic (exact) mass is 301 g/mol. The van der Waals surface area contributed by atoms with Crippen molar-refractivity contribution in [1.29, 1.82) is 0 Å². The summed E-state index contributed by atoms with van der Waals surface area (Å²) in [5, 5.41) is 12.7. The Morgan fingerprint density at radius 1 is 1.50 bits per heavy atom. The number of rotatable bonds is 4. The highest BCUT2D eigenvalue weighted by molar-refractivity contribution is 5.95. The summed E-state index contributed by atoms with van der Waals surface area (Å²) in [4.78, 5) is 16.4. The number of hydrogen-bond acceptors (Lipinski definition) is 4. The van der Waals surface area contributed by atoms with Crippen molar-refractivity contribution in [3.05, 3.63) is 41.5 Å². The highest BCUT2D eigenvalue weighted by atomic mass is 16.5. The quantitative estimate of drug-likeness (QED) is 0.906. The maximum atomic E-state index is 12.0. The van der Waals surface area contributed by atoms with E-state index in [1.807, 2.05) is 23.8 Å². The Balaban J connectivity index is 2.04. The molecule has 2 aromatic rings. The number of nitrogens with one attached hydrogen (secondary N) is 1. The number of phenolic OH excluding ortho intramolecular Hbond substituents is 1. The second-order valence-corrected chi connectivity index (χ2v) is 5.50. The Hall–Kier alpha value is -2.34. The number of carbonyl (C=O) groups excluding carboxylic acids is 1. The number of carbonyl (C=O) groups is 1. The van der Waals surface area contributed by atoms with Crippen LogP contribution in [0.15, 0.2) is 24.5 Å². The van der Waals surface area contributed by atoms with Crippen molar-refractivity contribution in [2.24, 2.45) is 0 Å². The average molecular weight is 301 g/mol. The Morgan fingerprint density at radius 2 is 2.32 bits per heavy atom. The molecule has 1 unspecified atom stereocenters. The molecule has 1 aromatic carbocycles. The van der Waals surface area contributed by atoms with Gasteiger partial charge in [-0.1, -0.05) is 0 Å². The van der Waals surface area contributed by atoms with Gasteiger partial charge in [0.05, 0.1) is 12.5 Å². The predicted octanol–water partition coefficient (Wildman–Crippen LogP) is 2.02. The van der Waals surface area contributed by atoms with E-state index >= 15 is 0 Å². The number of hydrogen-bond donors (Lipinski definition) is 2. The summed E-state index contributed by atoms with van der Waals surface area (Å²) in [7, 11) is 1.66. The standard InChI is InChI=1S/C16H19N3O3/c1-10-7-11-12(8-15(21)18-13(11)9-14(10)20)16-17-3-4-19(16)5-6-22-2/h3-4,7,9,12,20H,5-6,8H2,1-2H3,(H,18,21). The molecule has 0 saturated heterocycles.